The van der Waals surface area contributed by atoms with Gasteiger partial charge in [-0.3, -0.25) is 4.79 Å². The summed E-state index contributed by atoms with van der Waals surface area (Å²) >= 11 is 0. The Hall–Kier alpha value is -2.76. The molecule has 3 rings (SSSR count). The van der Waals surface area contributed by atoms with Crippen molar-refractivity contribution in [2.45, 2.75) is 19.8 Å². The number of methoxy groups -OCH3 is 2. The molecular formula is C20H25N3O3. The molecule has 1 aromatic carbocycles. The number of carbonyl (C=O) groups excluding carboxylic acids is 1. The van der Waals surface area contributed by atoms with Crippen molar-refractivity contribution in [3.63, 3.8) is 0 Å². The van der Waals surface area contributed by atoms with Gasteiger partial charge in [0.05, 0.1) is 14.2 Å². The van der Waals surface area contributed by atoms with Gasteiger partial charge in [-0.25, -0.2) is 4.98 Å². The number of amides is 1. The number of hydrogen-bond donors (Lipinski definition) is 1. The average molecular weight is 355 g/mol. The Labute approximate surface area is 154 Å². The van der Waals surface area contributed by atoms with Crippen LogP contribution in [0, 0.1) is 5.92 Å². The van der Waals surface area contributed by atoms with E-state index in [2.05, 4.69) is 17.2 Å². The van der Waals surface area contributed by atoms with E-state index in [-0.39, 0.29) is 5.91 Å². The molecule has 6 nitrogen and oxygen atoms in total. The first-order valence-corrected chi connectivity index (χ1v) is 8.85. The smallest absolute Gasteiger partial charge is 0.254 e. The van der Waals surface area contributed by atoms with Crippen LogP contribution in [0.1, 0.15) is 30.1 Å². The second-order valence-electron chi connectivity index (χ2n) is 6.60. The van der Waals surface area contributed by atoms with Gasteiger partial charge in [0.2, 0.25) is 0 Å². The van der Waals surface area contributed by atoms with E-state index >= 15 is 0 Å². The Kier molecular flexibility index (Phi) is 5.61. The minimum atomic E-state index is 0.0645. The van der Waals surface area contributed by atoms with Gasteiger partial charge in [-0.05, 0) is 43.0 Å². The molecule has 0 spiro atoms. The number of aromatic nitrogens is 1. The topological polar surface area (TPSA) is 63.7 Å². The molecular weight excluding hydrogens is 330 g/mol. The molecule has 6 heteroatoms. The Morgan fingerprint density at radius 3 is 2.54 bits per heavy atom. The maximum Gasteiger partial charge on any atom is 0.254 e. The summed E-state index contributed by atoms with van der Waals surface area (Å²) in [6, 6.07) is 9.09. The lowest BCUT2D eigenvalue weighted by molar-refractivity contribution is 0.0697. The Morgan fingerprint density at radius 2 is 1.85 bits per heavy atom. The van der Waals surface area contributed by atoms with E-state index in [1.807, 2.05) is 23.1 Å². The highest BCUT2D eigenvalue weighted by molar-refractivity contribution is 5.95. The van der Waals surface area contributed by atoms with Gasteiger partial charge in [0.1, 0.15) is 5.82 Å². The Balaban J connectivity index is 1.74. The monoisotopic (exact) mass is 355 g/mol. The number of carbonyl (C=O) groups is 1. The molecule has 1 aromatic heterocycles. The third kappa shape index (κ3) is 4.07. The number of ether oxygens (including phenoxy) is 2. The number of likely N-dealkylation sites (tertiary alicyclic amines) is 1. The van der Waals surface area contributed by atoms with Gasteiger partial charge in [0.15, 0.2) is 11.5 Å². The van der Waals surface area contributed by atoms with Gasteiger partial charge >= 0.3 is 0 Å². The molecule has 1 aliphatic heterocycles. The minimum absolute atomic E-state index is 0.0645. The first-order valence-electron chi connectivity index (χ1n) is 8.85. The summed E-state index contributed by atoms with van der Waals surface area (Å²) in [5.41, 5.74) is 1.46. The number of anilines is 2. The zero-order chi connectivity index (χ0) is 18.5. The third-order valence-corrected chi connectivity index (χ3v) is 4.73. The van der Waals surface area contributed by atoms with Crippen molar-refractivity contribution in [3.8, 4) is 11.5 Å². The van der Waals surface area contributed by atoms with Crippen molar-refractivity contribution >= 4 is 17.4 Å². The van der Waals surface area contributed by atoms with Gasteiger partial charge in [0, 0.05) is 36.6 Å². The zero-order valence-electron chi connectivity index (χ0n) is 15.5. The molecule has 0 saturated carbocycles. The maximum atomic E-state index is 12.7. The average Bonchev–Trinajstić information content (AvgIpc) is 2.68. The largest absolute Gasteiger partial charge is 0.493 e. The van der Waals surface area contributed by atoms with E-state index in [0.717, 1.165) is 31.6 Å². The van der Waals surface area contributed by atoms with Gasteiger partial charge < -0.3 is 19.7 Å². The lowest BCUT2D eigenvalue weighted by Gasteiger charge is -2.30. The van der Waals surface area contributed by atoms with E-state index in [9.17, 15) is 4.79 Å². The normalized spacial score (nSPS) is 14.8. The van der Waals surface area contributed by atoms with Crippen LogP contribution in [0.5, 0.6) is 11.5 Å². The fourth-order valence-electron chi connectivity index (χ4n) is 3.09. The second-order valence-corrected chi connectivity index (χ2v) is 6.60. The van der Waals surface area contributed by atoms with Gasteiger partial charge in [-0.15, -0.1) is 0 Å². The van der Waals surface area contributed by atoms with Crippen molar-refractivity contribution in [2.75, 3.05) is 32.6 Å². The molecule has 0 bridgehead atoms. The molecule has 2 aromatic rings. The fourth-order valence-corrected chi connectivity index (χ4v) is 3.09. The lowest BCUT2D eigenvalue weighted by atomic mass is 9.99. The first kappa shape index (κ1) is 18.0. The van der Waals surface area contributed by atoms with E-state index in [0.29, 0.717) is 28.8 Å². The molecule has 138 valence electrons. The molecule has 0 unspecified atom stereocenters. The number of rotatable bonds is 5. The minimum Gasteiger partial charge on any atom is -0.493 e. The number of nitrogens with zero attached hydrogens (tertiary/aromatic N) is 2. The van der Waals surface area contributed by atoms with Crippen LogP contribution in [0.2, 0.25) is 0 Å². The van der Waals surface area contributed by atoms with Crippen LogP contribution in [0.3, 0.4) is 0 Å². The van der Waals surface area contributed by atoms with Crippen molar-refractivity contribution < 1.29 is 14.3 Å². The highest BCUT2D eigenvalue weighted by Crippen LogP contribution is 2.31. The van der Waals surface area contributed by atoms with Crippen LogP contribution in [0.4, 0.5) is 11.5 Å². The fraction of sp³-hybridized carbons (Fsp3) is 0.400. The highest BCUT2D eigenvalue weighted by atomic mass is 16.5. The maximum absolute atomic E-state index is 12.7. The van der Waals surface area contributed by atoms with Crippen LogP contribution in [-0.4, -0.2) is 43.1 Å². The highest BCUT2D eigenvalue weighted by Gasteiger charge is 2.21. The summed E-state index contributed by atoms with van der Waals surface area (Å²) in [6.45, 7) is 3.88. The molecule has 2 heterocycles. The Morgan fingerprint density at radius 1 is 1.12 bits per heavy atom. The molecule has 1 saturated heterocycles. The van der Waals surface area contributed by atoms with Crippen molar-refractivity contribution in [1.29, 1.82) is 0 Å². The number of pyridine rings is 1. The number of nitrogens with one attached hydrogen (secondary N) is 1. The third-order valence-electron chi connectivity index (χ3n) is 4.73. The molecule has 0 aliphatic carbocycles. The molecule has 0 atom stereocenters. The van der Waals surface area contributed by atoms with E-state index in [4.69, 9.17) is 9.47 Å². The van der Waals surface area contributed by atoms with Gasteiger partial charge in [-0.1, -0.05) is 6.92 Å². The molecule has 0 radical (unpaired) electrons. The number of hydrogen-bond acceptors (Lipinski definition) is 5. The summed E-state index contributed by atoms with van der Waals surface area (Å²) < 4.78 is 10.6. The number of piperidine rings is 1. The van der Waals surface area contributed by atoms with Gasteiger partial charge in [-0.2, -0.15) is 0 Å². The summed E-state index contributed by atoms with van der Waals surface area (Å²) in [5, 5.41) is 3.22. The summed E-state index contributed by atoms with van der Waals surface area (Å²) in [4.78, 5) is 19.0. The van der Waals surface area contributed by atoms with Crippen LogP contribution in [0.15, 0.2) is 36.5 Å². The summed E-state index contributed by atoms with van der Waals surface area (Å²) in [6.07, 6.45) is 3.78. The predicted octanol–water partition coefficient (Wildman–Crippen LogP) is 3.71. The van der Waals surface area contributed by atoms with Crippen LogP contribution >= 0.6 is 0 Å². The molecule has 26 heavy (non-hydrogen) atoms. The van der Waals surface area contributed by atoms with E-state index < -0.39 is 0 Å². The van der Waals surface area contributed by atoms with E-state index in [1.165, 1.54) is 0 Å². The van der Waals surface area contributed by atoms with Gasteiger partial charge in [0.25, 0.3) is 5.91 Å². The van der Waals surface area contributed by atoms with Crippen LogP contribution in [-0.2, 0) is 0 Å². The SMILES string of the molecule is COc1ccc(Nc2cc(C(=O)N3CCC(C)CC3)ccn2)cc1OC. The quantitative estimate of drug-likeness (QED) is 0.886. The molecule has 1 N–H and O–H groups in total. The lowest BCUT2D eigenvalue weighted by Crippen LogP contribution is -2.37. The van der Waals surface area contributed by atoms with Crippen molar-refractivity contribution in [3.05, 3.63) is 42.1 Å². The zero-order valence-corrected chi connectivity index (χ0v) is 15.5. The van der Waals surface area contributed by atoms with Crippen LogP contribution < -0.4 is 14.8 Å². The molecule has 1 amide bonds. The Bertz CT molecular complexity index is 771. The first-order chi connectivity index (χ1) is 12.6. The molecule has 1 aliphatic rings. The van der Waals surface area contributed by atoms with Crippen LogP contribution in [0.25, 0.3) is 0 Å². The molecule has 1 fully saturated rings. The van der Waals surface area contributed by atoms with Crippen molar-refractivity contribution in [1.82, 2.24) is 9.88 Å². The number of benzene rings is 1. The predicted molar refractivity (Wildman–Crippen MR) is 101 cm³/mol. The van der Waals surface area contributed by atoms with Crippen molar-refractivity contribution in [2.24, 2.45) is 5.92 Å². The van der Waals surface area contributed by atoms with E-state index in [1.54, 1.807) is 32.5 Å². The summed E-state index contributed by atoms with van der Waals surface area (Å²) in [5.74, 6) is 2.67. The summed E-state index contributed by atoms with van der Waals surface area (Å²) in [7, 11) is 3.20. The standard InChI is InChI=1S/C20H25N3O3/c1-14-7-10-23(11-8-14)20(24)15-6-9-21-19(12-15)22-16-4-5-17(25-2)18(13-16)26-3/h4-6,9,12-14H,7-8,10-11H2,1-3H3,(H,21,22). The second kappa shape index (κ2) is 8.08.